The van der Waals surface area contributed by atoms with Crippen molar-refractivity contribution in [3.8, 4) is 0 Å². The molecule has 0 radical (unpaired) electrons. The number of anilines is 1. The lowest BCUT2D eigenvalue weighted by molar-refractivity contribution is -0.120. The number of pyridine rings is 1. The first-order valence-electron chi connectivity index (χ1n) is 11.3. The first kappa shape index (κ1) is 22.9. The molecule has 4 rings (SSSR count). The van der Waals surface area contributed by atoms with E-state index in [1.54, 1.807) is 17.3 Å². The van der Waals surface area contributed by atoms with E-state index in [4.69, 9.17) is 0 Å². The molecule has 0 fully saturated rings. The molecule has 5 nitrogen and oxygen atoms in total. The van der Waals surface area contributed by atoms with Crippen molar-refractivity contribution < 1.29 is 9.59 Å². The van der Waals surface area contributed by atoms with E-state index in [9.17, 15) is 9.59 Å². The van der Waals surface area contributed by atoms with Crippen LogP contribution in [0.5, 0.6) is 0 Å². The Morgan fingerprint density at radius 2 is 1.53 bits per heavy atom. The maximum atomic E-state index is 13.4. The highest BCUT2D eigenvalue weighted by Gasteiger charge is 2.18. The van der Waals surface area contributed by atoms with E-state index in [0.29, 0.717) is 18.7 Å². The Morgan fingerprint density at radius 1 is 0.794 bits per heavy atom. The lowest BCUT2D eigenvalue weighted by Gasteiger charge is -2.24. The maximum Gasteiger partial charge on any atom is 0.258 e. The third-order valence-electron chi connectivity index (χ3n) is 5.54. The van der Waals surface area contributed by atoms with Crippen LogP contribution in [0.1, 0.15) is 32.6 Å². The van der Waals surface area contributed by atoms with Crippen LogP contribution in [0.4, 0.5) is 5.69 Å². The Kier molecular flexibility index (Phi) is 7.45. The molecule has 0 unspecified atom stereocenters. The molecule has 0 saturated heterocycles. The summed E-state index contributed by atoms with van der Waals surface area (Å²) in [5, 5.41) is 2.93. The zero-order chi connectivity index (χ0) is 23.8. The summed E-state index contributed by atoms with van der Waals surface area (Å²) in [7, 11) is 0. The molecule has 1 aromatic heterocycles. The maximum absolute atomic E-state index is 13.4. The van der Waals surface area contributed by atoms with Gasteiger partial charge in [0.05, 0.1) is 13.0 Å². The number of aryl methyl sites for hydroxylation is 1. The Bertz CT molecular complexity index is 1240. The van der Waals surface area contributed by atoms with Crippen LogP contribution in [-0.2, 0) is 24.3 Å². The fourth-order valence-electron chi connectivity index (χ4n) is 3.75. The van der Waals surface area contributed by atoms with Crippen molar-refractivity contribution in [3.63, 3.8) is 0 Å². The number of hydrogen-bond donors (Lipinski definition) is 1. The summed E-state index contributed by atoms with van der Waals surface area (Å²) in [6.07, 6.45) is 3.69. The number of aromatic nitrogens is 1. The molecule has 5 heteroatoms. The van der Waals surface area contributed by atoms with Gasteiger partial charge in [-0.1, -0.05) is 60.2 Å². The highest BCUT2D eigenvalue weighted by molar-refractivity contribution is 6.06. The number of carbonyl (C=O) groups excluding carboxylic acids is 2. The van der Waals surface area contributed by atoms with E-state index in [-0.39, 0.29) is 18.2 Å². The molecule has 0 bridgehead atoms. The van der Waals surface area contributed by atoms with Gasteiger partial charge in [-0.3, -0.25) is 14.6 Å². The van der Waals surface area contributed by atoms with Gasteiger partial charge < -0.3 is 10.2 Å². The van der Waals surface area contributed by atoms with Crippen LogP contribution in [0.25, 0.3) is 0 Å². The van der Waals surface area contributed by atoms with E-state index < -0.39 is 0 Å². The molecule has 1 N–H and O–H groups in total. The zero-order valence-corrected chi connectivity index (χ0v) is 19.1. The fraction of sp³-hybridized carbons (Fsp3) is 0.138. The van der Waals surface area contributed by atoms with Crippen LogP contribution in [0.3, 0.4) is 0 Å². The Morgan fingerprint density at radius 3 is 2.24 bits per heavy atom. The van der Waals surface area contributed by atoms with Crippen molar-refractivity contribution >= 4 is 17.5 Å². The smallest absolute Gasteiger partial charge is 0.258 e. The van der Waals surface area contributed by atoms with Crippen molar-refractivity contribution in [2.24, 2.45) is 0 Å². The summed E-state index contributed by atoms with van der Waals surface area (Å²) >= 11 is 0. The highest BCUT2D eigenvalue weighted by atomic mass is 16.2. The third kappa shape index (κ3) is 6.17. The zero-order valence-electron chi connectivity index (χ0n) is 19.1. The van der Waals surface area contributed by atoms with Crippen LogP contribution < -0.4 is 10.2 Å². The van der Waals surface area contributed by atoms with Gasteiger partial charge in [-0.2, -0.15) is 0 Å². The van der Waals surface area contributed by atoms with E-state index in [0.717, 1.165) is 27.9 Å². The average Bonchev–Trinajstić information content (AvgIpc) is 2.87. The van der Waals surface area contributed by atoms with E-state index in [1.807, 2.05) is 91.9 Å². The molecule has 0 aliphatic carbocycles. The molecule has 0 atom stereocenters. The molecule has 34 heavy (non-hydrogen) atoms. The fourth-order valence-corrected chi connectivity index (χ4v) is 3.75. The largest absolute Gasteiger partial charge is 0.352 e. The van der Waals surface area contributed by atoms with Crippen LogP contribution in [-0.4, -0.2) is 16.8 Å². The van der Waals surface area contributed by atoms with E-state index in [1.165, 1.54) is 0 Å². The number of carbonyl (C=O) groups is 2. The second-order valence-corrected chi connectivity index (χ2v) is 8.22. The van der Waals surface area contributed by atoms with Gasteiger partial charge in [-0.25, -0.2) is 0 Å². The molecule has 0 aliphatic rings. The molecule has 2 amide bonds. The third-order valence-corrected chi connectivity index (χ3v) is 5.54. The molecule has 0 saturated carbocycles. The van der Waals surface area contributed by atoms with Gasteiger partial charge in [0.2, 0.25) is 5.91 Å². The predicted molar refractivity (Wildman–Crippen MR) is 134 cm³/mol. The van der Waals surface area contributed by atoms with Crippen LogP contribution in [0, 0.1) is 6.92 Å². The topological polar surface area (TPSA) is 62.3 Å². The van der Waals surface area contributed by atoms with Crippen LogP contribution >= 0.6 is 0 Å². The minimum atomic E-state index is -0.0649. The second kappa shape index (κ2) is 11.1. The van der Waals surface area contributed by atoms with Crippen molar-refractivity contribution in [1.82, 2.24) is 10.3 Å². The number of nitrogens with zero attached hydrogens (tertiary/aromatic N) is 2. The lowest BCUT2D eigenvalue weighted by Crippen LogP contribution is -2.30. The monoisotopic (exact) mass is 449 g/mol. The Hall–Kier alpha value is -4.25. The molecule has 3 aromatic carbocycles. The quantitative estimate of drug-likeness (QED) is 0.407. The van der Waals surface area contributed by atoms with Gasteiger partial charge in [-0.05, 0) is 60.0 Å². The van der Waals surface area contributed by atoms with Gasteiger partial charge in [0.15, 0.2) is 0 Å². The van der Waals surface area contributed by atoms with Crippen LogP contribution in [0.2, 0.25) is 0 Å². The molecular weight excluding hydrogens is 422 g/mol. The Balaban J connectivity index is 1.48. The number of amides is 2. The summed E-state index contributed by atoms with van der Waals surface area (Å²) in [5.74, 6) is -0.119. The first-order valence-corrected chi connectivity index (χ1v) is 11.3. The SMILES string of the molecule is Cc1cccc(CN(C(=O)c2ccccc2)c2ccc(CC(=O)NCc3ccncc3)cc2)c1. The normalized spacial score (nSPS) is 10.5. The Labute approximate surface area is 200 Å². The minimum absolute atomic E-state index is 0.0541. The summed E-state index contributed by atoms with van der Waals surface area (Å²) in [5.41, 5.74) is 5.52. The van der Waals surface area contributed by atoms with E-state index in [2.05, 4.69) is 16.4 Å². The van der Waals surface area contributed by atoms with Gasteiger partial charge in [0.1, 0.15) is 0 Å². The molecular formula is C29H27N3O2. The highest BCUT2D eigenvalue weighted by Crippen LogP contribution is 2.22. The van der Waals surface area contributed by atoms with Gasteiger partial charge >= 0.3 is 0 Å². The standard InChI is InChI=1S/C29H27N3O2/c1-22-6-5-7-25(18-22)21-32(29(34)26-8-3-2-4-9-26)27-12-10-23(11-13-27)19-28(33)31-20-24-14-16-30-17-15-24/h2-18H,19-21H2,1H3,(H,31,33). The number of benzene rings is 3. The minimum Gasteiger partial charge on any atom is -0.352 e. The lowest BCUT2D eigenvalue weighted by atomic mass is 10.1. The molecule has 0 spiro atoms. The van der Waals surface area contributed by atoms with Crippen molar-refractivity contribution in [2.45, 2.75) is 26.4 Å². The second-order valence-electron chi connectivity index (χ2n) is 8.22. The van der Waals surface area contributed by atoms with Crippen molar-refractivity contribution in [1.29, 1.82) is 0 Å². The number of nitrogens with one attached hydrogen (secondary N) is 1. The van der Waals surface area contributed by atoms with Gasteiger partial charge in [0.25, 0.3) is 5.91 Å². The van der Waals surface area contributed by atoms with Crippen LogP contribution in [0.15, 0.2) is 103 Å². The summed E-state index contributed by atoms with van der Waals surface area (Å²) < 4.78 is 0. The predicted octanol–water partition coefficient (Wildman–Crippen LogP) is 5.10. The van der Waals surface area contributed by atoms with E-state index >= 15 is 0 Å². The summed E-state index contributed by atoms with van der Waals surface area (Å²) in [6.45, 7) is 2.97. The molecule has 1 heterocycles. The first-order chi connectivity index (χ1) is 16.6. The molecule has 4 aromatic rings. The summed E-state index contributed by atoms with van der Waals surface area (Å²) in [4.78, 5) is 31.5. The molecule has 170 valence electrons. The molecule has 0 aliphatic heterocycles. The number of hydrogen-bond acceptors (Lipinski definition) is 3. The van der Waals surface area contributed by atoms with Crippen molar-refractivity contribution in [3.05, 3.63) is 131 Å². The van der Waals surface area contributed by atoms with Gasteiger partial charge in [-0.15, -0.1) is 0 Å². The number of rotatable bonds is 8. The average molecular weight is 450 g/mol. The summed E-state index contributed by atoms with van der Waals surface area (Å²) in [6, 6.07) is 28.8. The van der Waals surface area contributed by atoms with Gasteiger partial charge in [0, 0.05) is 30.2 Å². The van der Waals surface area contributed by atoms with Crippen molar-refractivity contribution in [2.75, 3.05) is 4.90 Å².